The van der Waals surface area contributed by atoms with Crippen molar-refractivity contribution in [1.29, 1.82) is 0 Å². The summed E-state index contributed by atoms with van der Waals surface area (Å²) in [7, 11) is -5.01. The Morgan fingerprint density at radius 3 is 0.849 bits per heavy atom. The molecule has 6 aromatic rings. The zero-order valence-corrected chi connectivity index (χ0v) is 76.8. The predicted molar refractivity (Wildman–Crippen MR) is 465 cm³/mol. The van der Waals surface area contributed by atoms with Crippen LogP contribution in [-0.2, 0) is 102 Å². The molecule has 43 heteroatoms. The summed E-state index contributed by atoms with van der Waals surface area (Å²) < 4.78 is 137. The van der Waals surface area contributed by atoms with E-state index in [2.05, 4.69) is 49.0 Å². The summed E-state index contributed by atoms with van der Waals surface area (Å²) in [5, 5.41) is 9.04. The summed E-state index contributed by atoms with van der Waals surface area (Å²) in [5.74, 6) is 0.0634. The molecule has 6 aromatic carbocycles. The van der Waals surface area contributed by atoms with Crippen LogP contribution in [0.2, 0.25) is 30.1 Å². The number of carbonyl (C=O) groups is 2. The first-order chi connectivity index (χ1) is 56.5. The molecule has 7 N–H and O–H groups in total. The lowest BCUT2D eigenvalue weighted by Gasteiger charge is -2.33. The summed E-state index contributed by atoms with van der Waals surface area (Å²) in [4.78, 5) is 29.6. The molecule has 0 unspecified atom stereocenters. The SMILES string of the molecule is CN1Cc2c(Cl)cc(Cl)cc2[C@H](c2ccc(S(=O)(=O)NCCOCCOCCOCCN)cc2)C1.CN1Cc2c(Cl)cc(Cl)cc2[C@H](c2ccc(S(=O)(=O)NCCOCCOCCOCCNC(=O)NCCOCCOCCOCCNS(=O)(=O)c3ccc([C@@H]4CN(C)Cc5c(Cl)cc(Cl)cc54)cc3)cc2)C1.O=C(OC(Cl)(Cl)Cl)OC(Cl)(Cl)Cl. The van der Waals surface area contributed by atoms with Crippen LogP contribution in [0.3, 0.4) is 0 Å². The molecule has 0 aromatic heterocycles. The fraction of sp³-hybridized carbons (Fsp3) is 0.500. The summed E-state index contributed by atoms with van der Waals surface area (Å²) >= 11 is 68.5. The third-order valence-corrected chi connectivity index (χ3v) is 24.4. The molecular formula is C76H97Cl12N9O19S3. The fourth-order valence-electron chi connectivity index (χ4n) is 12.5. The maximum Gasteiger partial charge on any atom is 0.515 e. The highest BCUT2D eigenvalue weighted by molar-refractivity contribution is 7.90. The maximum atomic E-state index is 12.9. The summed E-state index contributed by atoms with van der Waals surface area (Å²) in [6, 6.07) is 31.4. The molecule has 662 valence electrons. The third-order valence-electron chi connectivity index (χ3n) is 17.8. The number of sulfonamides is 3. The Labute approximate surface area is 755 Å². The predicted octanol–water partition coefficient (Wildman–Crippen LogP) is 12.8. The van der Waals surface area contributed by atoms with Gasteiger partial charge in [-0.25, -0.2) is 49.0 Å². The van der Waals surface area contributed by atoms with E-state index in [1.54, 1.807) is 54.6 Å². The number of nitrogens with zero attached hydrogens (tertiary/aromatic N) is 3. The second kappa shape index (κ2) is 52.0. The number of fused-ring (bicyclic) bond motifs is 3. The third kappa shape index (κ3) is 36.8. The first-order valence-corrected chi connectivity index (χ1v) is 46.3. The van der Waals surface area contributed by atoms with Gasteiger partial charge in [0.15, 0.2) is 0 Å². The van der Waals surface area contributed by atoms with E-state index in [1.807, 2.05) is 75.7 Å². The number of rotatable bonds is 44. The number of ether oxygens (including phenoxy) is 11. The van der Waals surface area contributed by atoms with Gasteiger partial charge in [-0.15, -0.1) is 0 Å². The lowest BCUT2D eigenvalue weighted by atomic mass is 9.85. The summed E-state index contributed by atoms with van der Waals surface area (Å²) in [6.07, 6.45) is -1.41. The second-order valence-electron chi connectivity index (χ2n) is 26.8. The monoisotopic (exact) mass is 1960 g/mol. The van der Waals surface area contributed by atoms with Gasteiger partial charge in [-0.05, 0) is 214 Å². The van der Waals surface area contributed by atoms with E-state index in [0.29, 0.717) is 136 Å². The maximum absolute atomic E-state index is 12.9. The van der Waals surface area contributed by atoms with Gasteiger partial charge in [-0.2, -0.15) is 0 Å². The van der Waals surface area contributed by atoms with Gasteiger partial charge < -0.3 is 83.2 Å². The number of nitrogens with two attached hydrogens (primary N) is 1. The number of amides is 2. The Hall–Kier alpha value is -3.45. The highest BCUT2D eigenvalue weighted by Gasteiger charge is 2.34. The zero-order chi connectivity index (χ0) is 86.8. The molecule has 0 fully saturated rings. The van der Waals surface area contributed by atoms with E-state index < -0.39 is 44.2 Å². The Balaban J connectivity index is 0.000000341. The molecule has 3 atom stereocenters. The van der Waals surface area contributed by atoms with E-state index in [9.17, 15) is 34.8 Å². The van der Waals surface area contributed by atoms with Gasteiger partial charge in [-0.3, -0.25) is 0 Å². The minimum absolute atomic E-state index is 0.00740. The van der Waals surface area contributed by atoms with E-state index >= 15 is 0 Å². The molecule has 3 aliphatic rings. The van der Waals surface area contributed by atoms with Crippen LogP contribution < -0.4 is 30.5 Å². The number of likely N-dealkylation sites (N-methyl/N-ethyl adjacent to an activating group) is 3. The number of nitrogens with one attached hydrogen (secondary N) is 5. The second-order valence-corrected chi connectivity index (χ2v) is 39.0. The van der Waals surface area contributed by atoms with Crippen molar-refractivity contribution in [1.82, 2.24) is 39.5 Å². The van der Waals surface area contributed by atoms with Crippen molar-refractivity contribution in [2.24, 2.45) is 5.73 Å². The average Bonchev–Trinajstić information content (AvgIpc) is 0.784. The van der Waals surface area contributed by atoms with Crippen molar-refractivity contribution < 1.29 is 86.9 Å². The summed E-state index contributed by atoms with van der Waals surface area (Å²) in [5.41, 5.74) is 14.6. The van der Waals surface area contributed by atoms with Gasteiger partial charge in [0.05, 0.1) is 134 Å². The normalized spacial score (nSPS) is 16.0. The van der Waals surface area contributed by atoms with Crippen molar-refractivity contribution >= 4 is 181 Å². The van der Waals surface area contributed by atoms with Crippen LogP contribution in [-0.4, -0.2) is 259 Å². The van der Waals surface area contributed by atoms with Gasteiger partial charge >= 0.3 is 20.1 Å². The fourth-order valence-corrected chi connectivity index (χ4v) is 17.6. The number of alkyl halides is 6. The van der Waals surface area contributed by atoms with Crippen molar-refractivity contribution in [3.8, 4) is 0 Å². The van der Waals surface area contributed by atoms with Gasteiger partial charge in [-0.1, -0.05) is 106 Å². The molecule has 2 amide bonds. The molecule has 9 rings (SSSR count). The number of hydrogen-bond acceptors (Lipinski definition) is 23. The zero-order valence-electron chi connectivity index (χ0n) is 65.3. The molecule has 0 aliphatic carbocycles. The van der Waals surface area contributed by atoms with Crippen LogP contribution >= 0.6 is 139 Å². The van der Waals surface area contributed by atoms with Crippen LogP contribution in [0, 0.1) is 0 Å². The molecule has 0 saturated heterocycles. The Morgan fingerprint density at radius 2 is 0.605 bits per heavy atom. The van der Waals surface area contributed by atoms with Crippen LogP contribution in [0.1, 0.15) is 67.8 Å². The Kier molecular flexibility index (Phi) is 44.8. The minimum Gasteiger partial charge on any atom is -0.382 e. The quantitative estimate of drug-likeness (QED) is 0.0118. The number of benzene rings is 6. The summed E-state index contributed by atoms with van der Waals surface area (Å²) in [6.45, 7) is 11.9. The lowest BCUT2D eigenvalue weighted by molar-refractivity contribution is 0.0160. The van der Waals surface area contributed by atoms with Crippen molar-refractivity contribution in [2.45, 2.75) is 60.0 Å². The number of carbonyl (C=O) groups excluding carboxylic acids is 2. The highest BCUT2D eigenvalue weighted by atomic mass is 35.6. The highest BCUT2D eigenvalue weighted by Crippen LogP contribution is 2.42. The van der Waals surface area contributed by atoms with Gasteiger partial charge in [0.1, 0.15) is 0 Å². The molecule has 0 saturated carbocycles. The molecule has 3 aliphatic heterocycles. The largest absolute Gasteiger partial charge is 0.515 e. The van der Waals surface area contributed by atoms with E-state index in [-0.39, 0.29) is 91.1 Å². The van der Waals surface area contributed by atoms with Gasteiger partial charge in [0.2, 0.25) is 30.1 Å². The Morgan fingerprint density at radius 1 is 0.370 bits per heavy atom. The van der Waals surface area contributed by atoms with Crippen LogP contribution in [0.4, 0.5) is 9.59 Å². The molecular weight excluding hydrogens is 1860 g/mol. The van der Waals surface area contributed by atoms with Gasteiger partial charge in [0, 0.05) is 126 Å². The van der Waals surface area contributed by atoms with Crippen molar-refractivity contribution in [2.75, 3.05) is 199 Å². The van der Waals surface area contributed by atoms with Gasteiger partial charge in [0.25, 0.3) is 0 Å². The van der Waals surface area contributed by atoms with E-state index in [4.69, 9.17) is 188 Å². The van der Waals surface area contributed by atoms with Crippen LogP contribution in [0.15, 0.2) is 124 Å². The molecule has 28 nitrogen and oxygen atoms in total. The smallest absolute Gasteiger partial charge is 0.382 e. The average molecular weight is 1960 g/mol. The Bertz CT molecular complexity index is 4310. The van der Waals surface area contributed by atoms with Crippen LogP contribution in [0.25, 0.3) is 0 Å². The van der Waals surface area contributed by atoms with E-state index in [1.165, 1.54) is 0 Å². The van der Waals surface area contributed by atoms with Crippen molar-refractivity contribution in [3.05, 3.63) is 189 Å². The standard InChI is InChI=1S/C49H64Cl4N6O11S2.C24H33Cl2N3O5S.C3Cl6O3/c1-58-31-43(41-27-37(50)29-47(52)45(41)33-58)35-3-7-39(8-4-35)71(61,62)56-13-17-67-21-25-69-23-19-65-15-11-54-49(60)55-12-16-66-20-24-70-26-22-68-18-14-57-72(63,64)40-9-5-36(6-10-40)44-32-59(2)34-46-42(44)28-38(51)30-48(46)53;1-29-16-22(21-14-19(25)15-24(26)23(21)17-29)18-2-4-20(5-3-18)35(30,31)28-7-9-33-11-13-34-12-10-32-8-6-27;4-2(5,6)11-1(10)12-3(7,8)9/h3-10,27-30,43-44,56-57H,11-26,31-34H2,1-2H3,(H2,54,55,60);2-5,14-15,22,28H,6-13,16-17,27H2,1H3;/t43-,44-;22-;/m00./s1. The molecule has 0 radical (unpaired) electrons. The molecule has 0 bridgehead atoms. The first-order valence-electron chi connectivity index (χ1n) is 37.3. The first kappa shape index (κ1) is 103. The van der Waals surface area contributed by atoms with Crippen LogP contribution in [0.5, 0.6) is 0 Å². The molecule has 0 spiro atoms. The minimum atomic E-state index is -3.73. The molecule has 119 heavy (non-hydrogen) atoms. The topological polar surface area (TPSA) is 334 Å². The number of halogens is 12. The molecule has 3 heterocycles. The number of hydrogen-bond donors (Lipinski definition) is 6. The number of urea groups is 1. The lowest BCUT2D eigenvalue weighted by Crippen LogP contribution is -2.39. The van der Waals surface area contributed by atoms with E-state index in [0.717, 1.165) is 89.3 Å². The van der Waals surface area contributed by atoms with Crippen molar-refractivity contribution in [3.63, 3.8) is 0 Å².